The molecule has 0 aliphatic rings. The van der Waals surface area contributed by atoms with Crippen LogP contribution in [0.2, 0.25) is 10.0 Å². The van der Waals surface area contributed by atoms with Gasteiger partial charge >= 0.3 is 0 Å². The van der Waals surface area contributed by atoms with Gasteiger partial charge in [-0.1, -0.05) is 23.2 Å². The molecule has 2 aromatic rings. The molecule has 1 aromatic heterocycles. The highest BCUT2D eigenvalue weighted by Gasteiger charge is 2.22. The summed E-state index contributed by atoms with van der Waals surface area (Å²) >= 11 is 12.1. The molecule has 0 aliphatic carbocycles. The van der Waals surface area contributed by atoms with Crippen LogP contribution in [0.15, 0.2) is 18.2 Å². The summed E-state index contributed by atoms with van der Waals surface area (Å²) in [4.78, 5) is 22.6. The zero-order valence-electron chi connectivity index (χ0n) is 12.6. The van der Waals surface area contributed by atoms with Crippen LogP contribution in [-0.4, -0.2) is 20.6 Å². The summed E-state index contributed by atoms with van der Waals surface area (Å²) < 4.78 is 1.50. The van der Waals surface area contributed by atoms with Crippen LogP contribution < -0.4 is 5.32 Å². The summed E-state index contributed by atoms with van der Waals surface area (Å²) in [6, 6.07) is 3.18. The van der Waals surface area contributed by atoms with Crippen molar-refractivity contribution in [3.8, 4) is 0 Å². The molecule has 0 saturated heterocycles. The molecule has 0 fully saturated rings. The molecular weight excluding hydrogens is 343 g/mol. The Balaban J connectivity index is 2.26. The van der Waals surface area contributed by atoms with Crippen LogP contribution in [-0.2, 0) is 4.79 Å². The first-order valence-electron chi connectivity index (χ1n) is 6.68. The number of nitro groups is 1. The molecular formula is C14H14Cl2N4O3. The van der Waals surface area contributed by atoms with E-state index in [1.165, 1.54) is 22.9 Å². The van der Waals surface area contributed by atoms with Crippen LogP contribution in [0.5, 0.6) is 0 Å². The monoisotopic (exact) mass is 356 g/mol. The van der Waals surface area contributed by atoms with Gasteiger partial charge in [0, 0.05) is 12.1 Å². The van der Waals surface area contributed by atoms with Crippen molar-refractivity contribution in [1.82, 2.24) is 9.78 Å². The highest BCUT2D eigenvalue weighted by molar-refractivity contribution is 6.34. The number of hydrogen-bond donors (Lipinski definition) is 1. The molecule has 122 valence electrons. The largest absolute Gasteiger partial charge is 0.323 e. The molecule has 0 bridgehead atoms. The molecule has 1 amide bonds. The fraction of sp³-hybridized carbons (Fsp3) is 0.286. The third-order valence-electron chi connectivity index (χ3n) is 3.40. The fourth-order valence-electron chi connectivity index (χ4n) is 2.09. The van der Waals surface area contributed by atoms with Gasteiger partial charge in [-0.15, -0.1) is 0 Å². The molecule has 1 unspecified atom stereocenters. The van der Waals surface area contributed by atoms with Crippen LogP contribution in [0, 0.1) is 24.0 Å². The number of amides is 1. The average Bonchev–Trinajstić information content (AvgIpc) is 2.76. The number of aromatic nitrogens is 2. The van der Waals surface area contributed by atoms with E-state index in [1.54, 1.807) is 20.8 Å². The SMILES string of the molecule is Cc1nn(C(C)C(=O)Nc2cc([N+](=O)[O-])ccc2Cl)c(C)c1Cl. The number of halogens is 2. The molecule has 1 aromatic carbocycles. The molecule has 9 heteroatoms. The zero-order valence-corrected chi connectivity index (χ0v) is 14.1. The number of aryl methyl sites for hydroxylation is 1. The maximum atomic E-state index is 12.4. The molecule has 0 aliphatic heterocycles. The Labute approximate surface area is 142 Å². The normalized spacial score (nSPS) is 12.0. The van der Waals surface area contributed by atoms with Crippen LogP contribution in [0.1, 0.15) is 24.4 Å². The Kier molecular flexibility index (Phi) is 4.91. The molecule has 23 heavy (non-hydrogen) atoms. The van der Waals surface area contributed by atoms with Crippen LogP contribution in [0.3, 0.4) is 0 Å². The lowest BCUT2D eigenvalue weighted by Gasteiger charge is -2.15. The van der Waals surface area contributed by atoms with Crippen molar-refractivity contribution in [2.24, 2.45) is 0 Å². The van der Waals surface area contributed by atoms with Gasteiger partial charge in [-0.25, -0.2) is 0 Å². The van der Waals surface area contributed by atoms with E-state index in [-0.39, 0.29) is 16.4 Å². The number of nitro benzene ring substituents is 1. The molecule has 0 spiro atoms. The molecule has 0 saturated carbocycles. The summed E-state index contributed by atoms with van der Waals surface area (Å²) in [7, 11) is 0. The Bertz CT molecular complexity index is 789. The van der Waals surface area contributed by atoms with Gasteiger partial charge < -0.3 is 5.32 Å². The topological polar surface area (TPSA) is 90.1 Å². The predicted molar refractivity (Wildman–Crippen MR) is 88.2 cm³/mol. The minimum atomic E-state index is -0.656. The standard InChI is InChI=1S/C14H14Cl2N4O3/c1-7-13(16)8(2)19(18-7)9(3)14(21)17-12-6-10(20(22)23)4-5-11(12)15/h4-6,9H,1-3H3,(H,17,21). The van der Waals surface area contributed by atoms with Gasteiger partial charge in [-0.3, -0.25) is 19.6 Å². The Morgan fingerprint density at radius 2 is 2.04 bits per heavy atom. The first kappa shape index (κ1) is 17.2. The van der Waals surface area contributed by atoms with Crippen molar-refractivity contribution in [3.63, 3.8) is 0 Å². The number of rotatable bonds is 4. The number of benzene rings is 1. The van der Waals surface area contributed by atoms with Crippen LogP contribution in [0.25, 0.3) is 0 Å². The molecule has 2 rings (SSSR count). The first-order chi connectivity index (χ1) is 10.7. The first-order valence-corrected chi connectivity index (χ1v) is 7.44. The van der Waals surface area contributed by atoms with E-state index in [9.17, 15) is 14.9 Å². The van der Waals surface area contributed by atoms with E-state index < -0.39 is 16.9 Å². The Hall–Kier alpha value is -2.12. The van der Waals surface area contributed by atoms with Crippen LogP contribution in [0.4, 0.5) is 11.4 Å². The Morgan fingerprint density at radius 1 is 1.39 bits per heavy atom. The number of carbonyl (C=O) groups excluding carboxylic acids is 1. The minimum Gasteiger partial charge on any atom is -0.323 e. The molecule has 0 radical (unpaired) electrons. The summed E-state index contributed by atoms with van der Waals surface area (Å²) in [5, 5.41) is 18.3. The summed E-state index contributed by atoms with van der Waals surface area (Å²) in [5.41, 5.74) is 1.30. The average molecular weight is 357 g/mol. The fourth-order valence-corrected chi connectivity index (χ4v) is 2.38. The van der Waals surface area contributed by atoms with Gasteiger partial charge in [0.1, 0.15) is 6.04 Å². The van der Waals surface area contributed by atoms with Gasteiger partial charge in [0.2, 0.25) is 5.91 Å². The number of nitrogens with one attached hydrogen (secondary N) is 1. The third kappa shape index (κ3) is 3.46. The van der Waals surface area contributed by atoms with Gasteiger partial charge in [0.25, 0.3) is 5.69 Å². The minimum absolute atomic E-state index is 0.161. The van der Waals surface area contributed by atoms with Gasteiger partial charge in [0.15, 0.2) is 0 Å². The van der Waals surface area contributed by atoms with E-state index >= 15 is 0 Å². The van der Waals surface area contributed by atoms with E-state index in [1.807, 2.05) is 0 Å². The maximum Gasteiger partial charge on any atom is 0.271 e. The second kappa shape index (κ2) is 6.55. The Morgan fingerprint density at radius 3 is 2.57 bits per heavy atom. The van der Waals surface area contributed by atoms with Gasteiger partial charge in [-0.05, 0) is 26.8 Å². The summed E-state index contributed by atoms with van der Waals surface area (Å²) in [5.74, 6) is -0.408. The second-order valence-corrected chi connectivity index (χ2v) is 5.80. The quantitative estimate of drug-likeness (QED) is 0.663. The van der Waals surface area contributed by atoms with Crippen molar-refractivity contribution in [2.75, 3.05) is 5.32 Å². The van der Waals surface area contributed by atoms with Crippen molar-refractivity contribution < 1.29 is 9.72 Å². The van der Waals surface area contributed by atoms with Crippen molar-refractivity contribution in [3.05, 3.63) is 49.7 Å². The van der Waals surface area contributed by atoms with E-state index in [2.05, 4.69) is 10.4 Å². The molecule has 1 atom stereocenters. The lowest BCUT2D eigenvalue weighted by molar-refractivity contribution is -0.384. The smallest absolute Gasteiger partial charge is 0.271 e. The summed E-state index contributed by atoms with van der Waals surface area (Å²) in [6.07, 6.45) is 0. The lowest BCUT2D eigenvalue weighted by atomic mass is 10.2. The highest BCUT2D eigenvalue weighted by Crippen LogP contribution is 2.28. The van der Waals surface area contributed by atoms with Crippen LogP contribution >= 0.6 is 23.2 Å². The number of hydrogen-bond acceptors (Lipinski definition) is 4. The molecule has 1 heterocycles. The van der Waals surface area contributed by atoms with Crippen molar-refractivity contribution in [1.29, 1.82) is 0 Å². The summed E-state index contributed by atoms with van der Waals surface area (Å²) in [6.45, 7) is 5.15. The lowest BCUT2D eigenvalue weighted by Crippen LogP contribution is -2.25. The van der Waals surface area contributed by atoms with Gasteiger partial charge in [0.05, 0.1) is 32.0 Å². The number of nitrogens with zero attached hydrogens (tertiary/aromatic N) is 3. The number of non-ortho nitro benzene ring substituents is 1. The van der Waals surface area contributed by atoms with Gasteiger partial charge in [-0.2, -0.15) is 5.10 Å². The number of anilines is 1. The zero-order chi connectivity index (χ0) is 17.3. The highest BCUT2D eigenvalue weighted by atomic mass is 35.5. The van der Waals surface area contributed by atoms with E-state index in [0.717, 1.165) is 0 Å². The van der Waals surface area contributed by atoms with E-state index in [0.29, 0.717) is 16.4 Å². The third-order valence-corrected chi connectivity index (χ3v) is 4.28. The van der Waals surface area contributed by atoms with Crippen molar-refractivity contribution in [2.45, 2.75) is 26.8 Å². The molecule has 7 nitrogen and oxygen atoms in total. The van der Waals surface area contributed by atoms with Crippen molar-refractivity contribution >= 4 is 40.5 Å². The maximum absolute atomic E-state index is 12.4. The predicted octanol–water partition coefficient (Wildman–Crippen LogP) is 3.91. The number of carbonyl (C=O) groups is 1. The second-order valence-electron chi connectivity index (χ2n) is 5.02. The van der Waals surface area contributed by atoms with E-state index in [4.69, 9.17) is 23.2 Å². The molecule has 1 N–H and O–H groups in total.